The number of rotatable bonds is 4. The first-order chi connectivity index (χ1) is 14.5. The number of amides is 3. The predicted molar refractivity (Wildman–Crippen MR) is 111 cm³/mol. The average molecular weight is 425 g/mol. The van der Waals surface area contributed by atoms with Crippen molar-refractivity contribution in [2.45, 2.75) is 19.9 Å². The number of nitrogens with one attached hydrogen (secondary N) is 1. The Kier molecular flexibility index (Phi) is 5.32. The number of nitrogens with two attached hydrogens (primary N) is 1. The van der Waals surface area contributed by atoms with E-state index in [0.29, 0.717) is 46.7 Å². The number of primary amides is 1. The van der Waals surface area contributed by atoms with Gasteiger partial charge in [-0.15, -0.1) is 11.3 Å². The largest absolute Gasteiger partial charge is 0.450 e. The van der Waals surface area contributed by atoms with Gasteiger partial charge in [-0.25, -0.2) is 4.79 Å². The van der Waals surface area contributed by atoms with Gasteiger partial charge in [-0.1, -0.05) is 0 Å². The number of aromatic nitrogens is 2. The molecule has 3 aromatic rings. The molecule has 0 unspecified atom stereocenters. The third-order valence-corrected chi connectivity index (χ3v) is 5.92. The van der Waals surface area contributed by atoms with Crippen molar-refractivity contribution in [2.24, 2.45) is 5.73 Å². The summed E-state index contributed by atoms with van der Waals surface area (Å²) < 4.78 is 5.06. The van der Waals surface area contributed by atoms with Crippen molar-refractivity contribution in [2.75, 3.05) is 18.5 Å². The Bertz CT molecular complexity index is 1160. The van der Waals surface area contributed by atoms with E-state index in [1.807, 2.05) is 0 Å². The summed E-state index contributed by atoms with van der Waals surface area (Å²) in [5.74, 6) is -0.998. The van der Waals surface area contributed by atoms with Crippen LogP contribution in [0.2, 0.25) is 0 Å². The maximum absolute atomic E-state index is 12.8. The number of hydrogen-bond acceptors (Lipinski definition) is 7. The molecule has 0 aliphatic carbocycles. The number of ether oxygens (including phenoxy) is 1. The lowest BCUT2D eigenvalue weighted by Gasteiger charge is -2.26. The van der Waals surface area contributed by atoms with Gasteiger partial charge in [0, 0.05) is 29.4 Å². The first-order valence-corrected chi connectivity index (χ1v) is 10.2. The van der Waals surface area contributed by atoms with E-state index >= 15 is 0 Å². The molecule has 1 aliphatic heterocycles. The molecular weight excluding hydrogens is 406 g/mol. The van der Waals surface area contributed by atoms with Crippen molar-refractivity contribution in [3.8, 4) is 0 Å². The van der Waals surface area contributed by atoms with E-state index in [9.17, 15) is 14.4 Å². The quantitative estimate of drug-likeness (QED) is 0.661. The molecular formula is C20H19N5O4S. The second-order valence-corrected chi connectivity index (χ2v) is 7.76. The molecule has 0 bridgehead atoms. The lowest BCUT2D eigenvalue weighted by atomic mass is 10.0. The molecule has 3 amide bonds. The summed E-state index contributed by atoms with van der Waals surface area (Å²) in [6.07, 6.45) is 3.19. The molecule has 4 rings (SSSR count). The molecule has 3 heterocycles. The van der Waals surface area contributed by atoms with E-state index in [0.717, 1.165) is 10.4 Å². The van der Waals surface area contributed by atoms with Crippen LogP contribution in [-0.2, 0) is 17.7 Å². The lowest BCUT2D eigenvalue weighted by molar-refractivity contribution is 0.0997. The molecule has 0 radical (unpaired) electrons. The minimum atomic E-state index is -0.614. The summed E-state index contributed by atoms with van der Waals surface area (Å²) in [4.78, 5) is 47.7. The fraction of sp³-hybridized carbons (Fsp3) is 0.250. The number of carbonyl (C=O) groups excluding carboxylic acids is 3. The van der Waals surface area contributed by atoms with Gasteiger partial charge >= 0.3 is 6.09 Å². The molecule has 3 N–H and O–H groups in total. The smallest absolute Gasteiger partial charge is 0.410 e. The highest BCUT2D eigenvalue weighted by atomic mass is 32.1. The van der Waals surface area contributed by atoms with Gasteiger partial charge in [0.05, 0.1) is 29.7 Å². The molecule has 0 spiro atoms. The van der Waals surface area contributed by atoms with Gasteiger partial charge in [-0.2, -0.15) is 0 Å². The van der Waals surface area contributed by atoms with Gasteiger partial charge in [0.25, 0.3) is 11.8 Å². The number of thiophene rings is 1. The van der Waals surface area contributed by atoms with Crippen LogP contribution in [0.25, 0.3) is 11.0 Å². The predicted octanol–water partition coefficient (Wildman–Crippen LogP) is 2.56. The molecule has 0 saturated carbocycles. The normalized spacial score (nSPS) is 13.0. The van der Waals surface area contributed by atoms with Crippen molar-refractivity contribution in [3.05, 3.63) is 52.2 Å². The number of carbonyl (C=O) groups is 3. The Morgan fingerprint density at radius 1 is 1.23 bits per heavy atom. The first-order valence-electron chi connectivity index (χ1n) is 9.36. The van der Waals surface area contributed by atoms with Gasteiger partial charge in [-0.3, -0.25) is 19.6 Å². The van der Waals surface area contributed by atoms with E-state index in [2.05, 4.69) is 15.3 Å². The first kappa shape index (κ1) is 19.8. The van der Waals surface area contributed by atoms with Crippen LogP contribution in [0.5, 0.6) is 0 Å². The fourth-order valence-electron chi connectivity index (χ4n) is 3.40. The Morgan fingerprint density at radius 3 is 2.73 bits per heavy atom. The highest BCUT2D eigenvalue weighted by Gasteiger charge is 2.30. The van der Waals surface area contributed by atoms with E-state index in [1.54, 1.807) is 42.4 Å². The molecule has 154 valence electrons. The summed E-state index contributed by atoms with van der Waals surface area (Å²) in [6, 6.07) is 4.99. The zero-order chi connectivity index (χ0) is 21.3. The van der Waals surface area contributed by atoms with Gasteiger partial charge in [0.15, 0.2) is 0 Å². The maximum atomic E-state index is 12.8. The SMILES string of the molecule is CCOC(=O)N1CCc2c(sc(NC(=O)c3ccc4nccnc4c3)c2C(N)=O)C1. The van der Waals surface area contributed by atoms with Crippen molar-refractivity contribution < 1.29 is 19.1 Å². The van der Waals surface area contributed by atoms with Crippen LogP contribution in [0.3, 0.4) is 0 Å². The molecule has 30 heavy (non-hydrogen) atoms. The summed E-state index contributed by atoms with van der Waals surface area (Å²) in [6.45, 7) is 2.76. The summed E-state index contributed by atoms with van der Waals surface area (Å²) >= 11 is 1.25. The van der Waals surface area contributed by atoms with Crippen molar-refractivity contribution in [3.63, 3.8) is 0 Å². The minimum Gasteiger partial charge on any atom is -0.450 e. The number of nitrogens with zero attached hydrogens (tertiary/aromatic N) is 3. The van der Waals surface area contributed by atoms with Gasteiger partial charge < -0.3 is 20.7 Å². The molecule has 1 aromatic carbocycles. The molecule has 10 heteroatoms. The summed E-state index contributed by atoms with van der Waals surface area (Å²) in [7, 11) is 0. The topological polar surface area (TPSA) is 128 Å². The van der Waals surface area contributed by atoms with Crippen LogP contribution in [-0.4, -0.2) is 45.9 Å². The molecule has 0 saturated heterocycles. The number of hydrogen-bond donors (Lipinski definition) is 2. The summed E-state index contributed by atoms with van der Waals surface area (Å²) in [5.41, 5.74) is 8.34. The molecule has 2 aromatic heterocycles. The second kappa shape index (κ2) is 8.07. The van der Waals surface area contributed by atoms with E-state index in [1.165, 1.54) is 11.3 Å². The zero-order valence-corrected chi connectivity index (χ0v) is 17.0. The van der Waals surface area contributed by atoms with Gasteiger partial charge in [-0.05, 0) is 37.1 Å². The maximum Gasteiger partial charge on any atom is 0.410 e. The van der Waals surface area contributed by atoms with Crippen LogP contribution in [0.15, 0.2) is 30.6 Å². The van der Waals surface area contributed by atoms with Crippen molar-refractivity contribution >= 4 is 45.3 Å². The van der Waals surface area contributed by atoms with Crippen LogP contribution in [0.4, 0.5) is 9.80 Å². The second-order valence-electron chi connectivity index (χ2n) is 6.66. The van der Waals surface area contributed by atoms with Crippen LogP contribution in [0.1, 0.15) is 38.1 Å². The minimum absolute atomic E-state index is 0.288. The third kappa shape index (κ3) is 3.69. The molecule has 9 nitrogen and oxygen atoms in total. The Hall–Kier alpha value is -3.53. The number of anilines is 1. The molecule has 1 aliphatic rings. The van der Waals surface area contributed by atoms with Crippen LogP contribution in [0, 0.1) is 0 Å². The van der Waals surface area contributed by atoms with E-state index in [-0.39, 0.29) is 12.5 Å². The lowest BCUT2D eigenvalue weighted by Crippen LogP contribution is -2.36. The Balaban J connectivity index is 1.61. The highest BCUT2D eigenvalue weighted by Crippen LogP contribution is 2.37. The van der Waals surface area contributed by atoms with Gasteiger partial charge in [0.1, 0.15) is 5.00 Å². The number of benzene rings is 1. The Morgan fingerprint density at radius 2 is 2.00 bits per heavy atom. The van der Waals surface area contributed by atoms with Crippen molar-refractivity contribution in [1.29, 1.82) is 0 Å². The van der Waals surface area contributed by atoms with Crippen LogP contribution < -0.4 is 11.1 Å². The van der Waals surface area contributed by atoms with Crippen molar-refractivity contribution in [1.82, 2.24) is 14.9 Å². The average Bonchev–Trinajstić information content (AvgIpc) is 3.10. The third-order valence-electron chi connectivity index (χ3n) is 4.79. The van der Waals surface area contributed by atoms with Crippen LogP contribution >= 0.6 is 11.3 Å². The Labute approximate surface area is 175 Å². The summed E-state index contributed by atoms with van der Waals surface area (Å²) in [5, 5.41) is 3.17. The van der Waals surface area contributed by atoms with Gasteiger partial charge in [0.2, 0.25) is 0 Å². The number of fused-ring (bicyclic) bond motifs is 2. The standard InChI is InChI=1S/C20H19N5O4S/c1-2-29-20(28)25-8-5-12-15(10-25)30-19(16(12)17(21)26)24-18(27)11-3-4-13-14(9-11)23-7-6-22-13/h3-4,6-7,9H,2,5,8,10H2,1H3,(H2,21,26)(H,24,27). The molecule has 0 fully saturated rings. The van der Waals surface area contributed by atoms with E-state index in [4.69, 9.17) is 10.5 Å². The zero-order valence-electron chi connectivity index (χ0n) is 16.2. The van der Waals surface area contributed by atoms with E-state index < -0.39 is 12.0 Å². The molecule has 0 atom stereocenters. The fourth-order valence-corrected chi connectivity index (χ4v) is 4.67. The monoisotopic (exact) mass is 425 g/mol. The highest BCUT2D eigenvalue weighted by molar-refractivity contribution is 7.17.